The largest absolute Gasteiger partial charge is 0.490 e. The van der Waals surface area contributed by atoms with Crippen LogP contribution in [-0.2, 0) is 31.9 Å². The monoisotopic (exact) mass is 599 g/mol. The number of carbonyl (C=O) groups excluding carboxylic acids is 3. The van der Waals surface area contributed by atoms with E-state index < -0.39 is 59.1 Å². The van der Waals surface area contributed by atoms with E-state index in [0.29, 0.717) is 31.5 Å². The summed E-state index contributed by atoms with van der Waals surface area (Å²) in [5, 5.41) is 10.4. The number of likely N-dealkylation sites (tertiary alicyclic amines) is 2. The van der Waals surface area contributed by atoms with Crippen molar-refractivity contribution in [3.8, 4) is 0 Å². The number of carbonyl (C=O) groups is 4. The van der Waals surface area contributed by atoms with Gasteiger partial charge in [0.2, 0.25) is 17.7 Å². The van der Waals surface area contributed by atoms with Crippen molar-refractivity contribution in [2.24, 2.45) is 11.8 Å². The van der Waals surface area contributed by atoms with Gasteiger partial charge in [0.25, 0.3) is 0 Å². The summed E-state index contributed by atoms with van der Waals surface area (Å²) < 4.78 is 71.0. The molecule has 3 saturated heterocycles. The second-order valence-corrected chi connectivity index (χ2v) is 10.6. The fraction of sp³-hybridized carbons (Fsp3) is 0.429. The van der Waals surface area contributed by atoms with Crippen LogP contribution in [0.25, 0.3) is 0 Å². The SMILES string of the molecule is Cc1ccc(CN2CCC[C@]3(N[C@H](c4ccc(C(F)(F)F)cc4)[C@@H]4C(=O)N(C)C(=O)[C@@H]43)C2=O)cc1.O=C(O)C(F)(F)F. The van der Waals surface area contributed by atoms with Crippen LogP contribution in [0.4, 0.5) is 26.3 Å². The molecule has 3 fully saturated rings. The molecule has 226 valence electrons. The molecule has 0 aromatic heterocycles. The Kier molecular flexibility index (Phi) is 8.15. The number of aliphatic carboxylic acids is 1. The maximum Gasteiger partial charge on any atom is 0.490 e. The molecule has 5 rings (SSSR count). The van der Waals surface area contributed by atoms with Crippen molar-refractivity contribution in [3.63, 3.8) is 0 Å². The maximum absolute atomic E-state index is 13.9. The summed E-state index contributed by atoms with van der Waals surface area (Å²) in [5.41, 5.74) is 0.436. The molecule has 2 aromatic carbocycles. The number of aryl methyl sites for hydroxylation is 1. The van der Waals surface area contributed by atoms with Gasteiger partial charge in [-0.1, -0.05) is 42.0 Å². The lowest BCUT2D eigenvalue weighted by molar-refractivity contribution is -0.192. The van der Waals surface area contributed by atoms with Gasteiger partial charge in [-0.15, -0.1) is 0 Å². The summed E-state index contributed by atoms with van der Waals surface area (Å²) in [7, 11) is 1.40. The molecule has 0 saturated carbocycles. The molecule has 0 bridgehead atoms. The number of fused-ring (bicyclic) bond motifs is 2. The van der Waals surface area contributed by atoms with Gasteiger partial charge < -0.3 is 10.0 Å². The fourth-order valence-electron chi connectivity index (χ4n) is 5.84. The minimum absolute atomic E-state index is 0.245. The summed E-state index contributed by atoms with van der Waals surface area (Å²) in [6, 6.07) is 11.7. The Morgan fingerprint density at radius 1 is 0.976 bits per heavy atom. The van der Waals surface area contributed by atoms with Crippen LogP contribution in [0.5, 0.6) is 0 Å². The molecule has 2 aromatic rings. The fourth-order valence-corrected chi connectivity index (χ4v) is 5.84. The zero-order chi connectivity index (χ0) is 31.2. The number of halogens is 6. The lowest BCUT2D eigenvalue weighted by atomic mass is 9.74. The number of imide groups is 1. The van der Waals surface area contributed by atoms with Gasteiger partial charge in [-0.2, -0.15) is 26.3 Å². The van der Waals surface area contributed by atoms with E-state index in [4.69, 9.17) is 9.90 Å². The predicted molar refractivity (Wildman–Crippen MR) is 134 cm³/mol. The third-order valence-corrected chi connectivity index (χ3v) is 7.88. The van der Waals surface area contributed by atoms with Crippen molar-refractivity contribution in [2.45, 2.75) is 50.2 Å². The lowest BCUT2D eigenvalue weighted by Crippen LogP contribution is -2.63. The summed E-state index contributed by atoms with van der Waals surface area (Å²) in [5.74, 6) is -5.60. The number of benzene rings is 2. The second kappa shape index (κ2) is 11.0. The number of carboxylic acids is 1. The van der Waals surface area contributed by atoms with E-state index in [9.17, 15) is 40.7 Å². The molecule has 1 spiro atoms. The van der Waals surface area contributed by atoms with Crippen molar-refractivity contribution in [1.82, 2.24) is 15.1 Å². The molecule has 3 aliphatic heterocycles. The Balaban J connectivity index is 0.000000517. The van der Waals surface area contributed by atoms with Crippen LogP contribution in [0.15, 0.2) is 48.5 Å². The highest BCUT2D eigenvalue weighted by Crippen LogP contribution is 2.52. The molecule has 0 radical (unpaired) electrons. The number of nitrogens with zero attached hydrogens (tertiary/aromatic N) is 2. The molecule has 8 nitrogen and oxygen atoms in total. The molecule has 2 N–H and O–H groups in total. The maximum atomic E-state index is 13.9. The first-order valence-corrected chi connectivity index (χ1v) is 12.9. The van der Waals surface area contributed by atoms with E-state index >= 15 is 0 Å². The number of hydrogen-bond donors (Lipinski definition) is 2. The van der Waals surface area contributed by atoms with E-state index in [1.807, 2.05) is 31.2 Å². The Labute approximate surface area is 236 Å². The first kappa shape index (κ1) is 31.0. The third kappa shape index (κ3) is 5.72. The number of piperidine rings is 1. The highest BCUT2D eigenvalue weighted by Gasteiger charge is 2.68. The number of nitrogens with one attached hydrogen (secondary N) is 1. The van der Waals surface area contributed by atoms with E-state index in [-0.39, 0.29) is 5.91 Å². The summed E-state index contributed by atoms with van der Waals surface area (Å²) in [6.07, 6.45) is -8.55. The van der Waals surface area contributed by atoms with Crippen LogP contribution >= 0.6 is 0 Å². The Morgan fingerprint density at radius 2 is 1.55 bits per heavy atom. The van der Waals surface area contributed by atoms with Gasteiger partial charge in [-0.05, 0) is 43.0 Å². The van der Waals surface area contributed by atoms with Crippen LogP contribution in [0.2, 0.25) is 0 Å². The van der Waals surface area contributed by atoms with Crippen molar-refractivity contribution in [1.29, 1.82) is 0 Å². The van der Waals surface area contributed by atoms with Gasteiger partial charge in [0.1, 0.15) is 5.54 Å². The average molecular weight is 600 g/mol. The lowest BCUT2D eigenvalue weighted by Gasteiger charge is -2.42. The Hall–Kier alpha value is -3.94. The Morgan fingerprint density at radius 3 is 2.07 bits per heavy atom. The highest BCUT2D eigenvalue weighted by molar-refractivity contribution is 6.10. The minimum atomic E-state index is -5.08. The first-order chi connectivity index (χ1) is 19.5. The second-order valence-electron chi connectivity index (χ2n) is 10.6. The van der Waals surface area contributed by atoms with Gasteiger partial charge in [0, 0.05) is 26.2 Å². The molecule has 3 aliphatic rings. The molecule has 4 atom stereocenters. The molecule has 42 heavy (non-hydrogen) atoms. The predicted octanol–water partition coefficient (Wildman–Crippen LogP) is 4.08. The van der Waals surface area contributed by atoms with Gasteiger partial charge in [-0.3, -0.25) is 24.6 Å². The van der Waals surface area contributed by atoms with Crippen LogP contribution in [0.1, 0.15) is 41.1 Å². The quantitative estimate of drug-likeness (QED) is 0.407. The van der Waals surface area contributed by atoms with E-state index in [1.165, 1.54) is 19.2 Å². The van der Waals surface area contributed by atoms with E-state index in [0.717, 1.165) is 28.2 Å². The standard InChI is InChI=1S/C26H26F3N3O3.C2HF3O2/c1-15-4-6-16(7-5-15)14-32-13-3-12-25(24(32)35)20-19(22(33)31(2)23(20)34)21(30-25)17-8-10-18(11-9-17)26(27,28)29;3-2(4,5)1(6)7/h4-11,19-21,30H,3,12-14H2,1-2H3;(H,6,7)/t19-,20-,21-,25-;/m1./s1. The van der Waals surface area contributed by atoms with E-state index in [2.05, 4.69) is 5.32 Å². The van der Waals surface area contributed by atoms with Gasteiger partial charge in [0.05, 0.1) is 17.4 Å². The van der Waals surface area contributed by atoms with Crippen molar-refractivity contribution in [3.05, 3.63) is 70.8 Å². The smallest absolute Gasteiger partial charge is 0.475 e. The molecule has 3 amide bonds. The van der Waals surface area contributed by atoms with Crippen LogP contribution in [0.3, 0.4) is 0 Å². The van der Waals surface area contributed by atoms with Gasteiger partial charge in [-0.25, -0.2) is 4.79 Å². The molecule has 0 unspecified atom stereocenters. The van der Waals surface area contributed by atoms with Crippen molar-refractivity contribution < 1.29 is 50.6 Å². The number of rotatable bonds is 3. The topological polar surface area (TPSA) is 107 Å². The molecular formula is C28H27F6N3O5. The summed E-state index contributed by atoms with van der Waals surface area (Å²) >= 11 is 0. The molecule has 3 heterocycles. The molecule has 0 aliphatic carbocycles. The number of alkyl halides is 6. The highest BCUT2D eigenvalue weighted by atomic mass is 19.4. The normalized spacial score (nSPS) is 25.9. The Bertz CT molecular complexity index is 1380. The average Bonchev–Trinajstić information content (AvgIpc) is 3.37. The van der Waals surface area contributed by atoms with Crippen LogP contribution in [0, 0.1) is 18.8 Å². The molecule has 14 heteroatoms. The third-order valence-electron chi connectivity index (χ3n) is 7.88. The van der Waals surface area contributed by atoms with Crippen LogP contribution in [-0.4, -0.2) is 63.9 Å². The minimum Gasteiger partial charge on any atom is -0.475 e. The zero-order valence-electron chi connectivity index (χ0n) is 22.4. The van der Waals surface area contributed by atoms with Crippen molar-refractivity contribution >= 4 is 23.7 Å². The zero-order valence-corrected chi connectivity index (χ0v) is 22.4. The summed E-state index contributed by atoms with van der Waals surface area (Å²) in [6.45, 7) is 2.88. The number of carboxylic acid groups (broad SMARTS) is 1. The van der Waals surface area contributed by atoms with E-state index in [1.54, 1.807) is 4.90 Å². The van der Waals surface area contributed by atoms with Crippen LogP contribution < -0.4 is 5.32 Å². The number of amides is 3. The summed E-state index contributed by atoms with van der Waals surface area (Å²) in [4.78, 5) is 51.9. The number of hydrogen-bond acceptors (Lipinski definition) is 5. The van der Waals surface area contributed by atoms with Gasteiger partial charge >= 0.3 is 18.3 Å². The molecular weight excluding hydrogens is 572 g/mol. The first-order valence-electron chi connectivity index (χ1n) is 12.9. The van der Waals surface area contributed by atoms with Crippen molar-refractivity contribution in [2.75, 3.05) is 13.6 Å². The van der Waals surface area contributed by atoms with Gasteiger partial charge in [0.15, 0.2) is 0 Å².